The molecule has 4 rings (SSSR count). The number of amides is 1. The Morgan fingerprint density at radius 2 is 1.85 bits per heavy atom. The highest BCUT2D eigenvalue weighted by molar-refractivity contribution is 7.92. The molecule has 1 aliphatic heterocycles. The zero-order valence-electron chi connectivity index (χ0n) is 23.0. The summed E-state index contributed by atoms with van der Waals surface area (Å²) in [6, 6.07) is 11.9. The minimum Gasteiger partial charge on any atom is -0.494 e. The standard InChI is InChI=1S/C26H36N8O4S/c1-18(2)39(36,37)23-9-7-6-8-19(23)17-32(4)26(35)34-25(29-24(27)30-34)28-21-11-10-20(16-22(21)38-5)33-14-12-31(3)13-15-33/h6-11,16,18H,12-15,17H2,1-5H3,(H3,27,28,29,30). The monoisotopic (exact) mass is 556 g/mol. The van der Waals surface area contributed by atoms with E-state index in [1.165, 1.54) is 4.90 Å². The minimum absolute atomic E-state index is 0.0448. The van der Waals surface area contributed by atoms with Crippen molar-refractivity contribution in [2.24, 2.45) is 0 Å². The summed E-state index contributed by atoms with van der Waals surface area (Å²) in [7, 11) is 1.72. The number of hydrogen-bond donors (Lipinski definition) is 2. The molecule has 1 aliphatic rings. The highest BCUT2D eigenvalue weighted by Gasteiger charge is 2.25. The van der Waals surface area contributed by atoms with Gasteiger partial charge in [-0.3, -0.25) is 0 Å². The van der Waals surface area contributed by atoms with Gasteiger partial charge in [-0.15, -0.1) is 9.78 Å². The smallest absolute Gasteiger partial charge is 0.348 e. The number of methoxy groups -OCH3 is 1. The predicted octanol–water partition coefficient (Wildman–Crippen LogP) is 2.65. The number of hydrogen-bond acceptors (Lipinski definition) is 10. The SMILES string of the molecule is COc1cc(N2CCN(C)CC2)ccc1Nc1nc(N)nn1C(=O)N(C)Cc1ccccc1S(=O)(=O)C(C)C. The lowest BCUT2D eigenvalue weighted by Crippen LogP contribution is -2.44. The first-order chi connectivity index (χ1) is 18.5. The van der Waals surface area contributed by atoms with E-state index in [0.29, 0.717) is 17.0 Å². The number of piperazine rings is 1. The zero-order valence-corrected chi connectivity index (χ0v) is 23.8. The second kappa shape index (κ2) is 11.5. The first-order valence-corrected chi connectivity index (χ1v) is 14.2. The maximum Gasteiger partial charge on any atom is 0.348 e. The van der Waals surface area contributed by atoms with Crippen molar-refractivity contribution in [2.75, 3.05) is 63.3 Å². The molecular formula is C26H36N8O4S. The van der Waals surface area contributed by atoms with Crippen molar-refractivity contribution in [3.8, 4) is 5.75 Å². The first-order valence-electron chi connectivity index (χ1n) is 12.7. The van der Waals surface area contributed by atoms with Crippen LogP contribution < -0.4 is 20.7 Å². The van der Waals surface area contributed by atoms with Crippen LogP contribution in [0.4, 0.5) is 28.1 Å². The third-order valence-corrected chi connectivity index (χ3v) is 8.99. The largest absolute Gasteiger partial charge is 0.494 e. The van der Waals surface area contributed by atoms with Crippen molar-refractivity contribution in [2.45, 2.75) is 30.5 Å². The molecule has 0 spiro atoms. The van der Waals surface area contributed by atoms with Crippen LogP contribution in [0.1, 0.15) is 19.4 Å². The van der Waals surface area contributed by atoms with Crippen LogP contribution in [0.5, 0.6) is 5.75 Å². The number of benzene rings is 2. The number of carbonyl (C=O) groups excluding carboxylic acids is 1. The van der Waals surface area contributed by atoms with Gasteiger partial charge in [0.2, 0.25) is 11.9 Å². The van der Waals surface area contributed by atoms with Gasteiger partial charge in [-0.2, -0.15) is 4.98 Å². The van der Waals surface area contributed by atoms with E-state index in [0.717, 1.165) is 36.5 Å². The van der Waals surface area contributed by atoms with Crippen LogP contribution in [0, 0.1) is 0 Å². The maximum absolute atomic E-state index is 13.4. The summed E-state index contributed by atoms with van der Waals surface area (Å²) in [5.41, 5.74) is 8.00. The zero-order chi connectivity index (χ0) is 28.3. The predicted molar refractivity (Wildman–Crippen MR) is 151 cm³/mol. The molecule has 1 saturated heterocycles. The van der Waals surface area contributed by atoms with Gasteiger partial charge in [0, 0.05) is 51.5 Å². The number of sulfone groups is 1. The van der Waals surface area contributed by atoms with Gasteiger partial charge in [0.1, 0.15) is 5.75 Å². The fourth-order valence-electron chi connectivity index (χ4n) is 4.36. The molecule has 0 saturated carbocycles. The lowest BCUT2D eigenvalue weighted by atomic mass is 10.2. The summed E-state index contributed by atoms with van der Waals surface area (Å²) in [4.78, 5) is 23.7. The van der Waals surface area contributed by atoms with Crippen LogP contribution in [0.25, 0.3) is 0 Å². The Balaban J connectivity index is 1.56. The fourth-order valence-corrected chi connectivity index (χ4v) is 5.63. The molecule has 2 aromatic carbocycles. The third kappa shape index (κ3) is 6.09. The molecule has 2 heterocycles. The van der Waals surface area contributed by atoms with Crippen LogP contribution in [0.15, 0.2) is 47.4 Å². The molecular weight excluding hydrogens is 520 g/mol. The first kappa shape index (κ1) is 28.2. The Hall–Kier alpha value is -3.84. The van der Waals surface area contributed by atoms with Crippen molar-refractivity contribution in [1.29, 1.82) is 0 Å². The van der Waals surface area contributed by atoms with E-state index in [9.17, 15) is 13.2 Å². The minimum atomic E-state index is -3.54. The van der Waals surface area contributed by atoms with Gasteiger partial charge < -0.3 is 30.5 Å². The second-order valence-corrected chi connectivity index (χ2v) is 12.3. The van der Waals surface area contributed by atoms with E-state index < -0.39 is 21.1 Å². The van der Waals surface area contributed by atoms with Gasteiger partial charge in [-0.05, 0) is 44.7 Å². The molecule has 3 N–H and O–H groups in total. The summed E-state index contributed by atoms with van der Waals surface area (Å²) in [6.45, 7) is 7.09. The van der Waals surface area contributed by atoms with Crippen LogP contribution in [0.3, 0.4) is 0 Å². The van der Waals surface area contributed by atoms with Gasteiger partial charge in [-0.1, -0.05) is 18.2 Å². The lowest BCUT2D eigenvalue weighted by Gasteiger charge is -2.34. The van der Waals surface area contributed by atoms with E-state index >= 15 is 0 Å². The number of carbonyl (C=O) groups is 1. The Kier molecular flexibility index (Phi) is 8.31. The van der Waals surface area contributed by atoms with Gasteiger partial charge in [-0.25, -0.2) is 13.2 Å². The molecule has 39 heavy (non-hydrogen) atoms. The van der Waals surface area contributed by atoms with Crippen molar-refractivity contribution in [3.05, 3.63) is 48.0 Å². The highest BCUT2D eigenvalue weighted by Crippen LogP contribution is 2.32. The maximum atomic E-state index is 13.4. The number of anilines is 4. The molecule has 0 unspecified atom stereocenters. The van der Waals surface area contributed by atoms with E-state index in [1.807, 2.05) is 18.2 Å². The summed E-state index contributed by atoms with van der Waals surface area (Å²) in [5.74, 6) is 0.598. The normalized spacial score (nSPS) is 14.5. The molecule has 0 radical (unpaired) electrons. The molecule has 0 bridgehead atoms. The van der Waals surface area contributed by atoms with Gasteiger partial charge in [0.15, 0.2) is 9.84 Å². The summed E-state index contributed by atoms with van der Waals surface area (Å²) in [5, 5.41) is 6.60. The molecule has 12 nitrogen and oxygen atoms in total. The van der Waals surface area contributed by atoms with Crippen LogP contribution in [-0.4, -0.2) is 91.6 Å². The Morgan fingerprint density at radius 1 is 1.15 bits per heavy atom. The molecule has 1 amide bonds. The third-order valence-electron chi connectivity index (χ3n) is 6.74. The van der Waals surface area contributed by atoms with Crippen molar-refractivity contribution in [1.82, 2.24) is 24.6 Å². The van der Waals surface area contributed by atoms with Gasteiger partial charge in [0.25, 0.3) is 0 Å². The number of nitrogen functional groups attached to an aromatic ring is 1. The van der Waals surface area contributed by atoms with Crippen LogP contribution >= 0.6 is 0 Å². The molecule has 3 aromatic rings. The molecule has 0 atom stereocenters. The number of nitrogens with zero attached hydrogens (tertiary/aromatic N) is 6. The highest BCUT2D eigenvalue weighted by atomic mass is 32.2. The number of aromatic nitrogens is 3. The second-order valence-electron chi connectivity index (χ2n) is 9.85. The van der Waals surface area contributed by atoms with Gasteiger partial charge >= 0.3 is 6.03 Å². The Bertz CT molecular complexity index is 1430. The van der Waals surface area contributed by atoms with Gasteiger partial charge in [0.05, 0.1) is 22.9 Å². The molecule has 0 aliphatic carbocycles. The van der Waals surface area contributed by atoms with E-state index in [-0.39, 0.29) is 23.3 Å². The Morgan fingerprint density at radius 3 is 2.51 bits per heavy atom. The number of ether oxygens (including phenoxy) is 1. The average molecular weight is 557 g/mol. The van der Waals surface area contributed by atoms with E-state index in [1.54, 1.807) is 52.3 Å². The molecule has 1 aromatic heterocycles. The number of rotatable bonds is 8. The fraction of sp³-hybridized carbons (Fsp3) is 0.423. The quantitative estimate of drug-likeness (QED) is 0.426. The number of nitrogens with one attached hydrogen (secondary N) is 1. The average Bonchev–Trinajstić information content (AvgIpc) is 3.28. The number of nitrogens with two attached hydrogens (primary N) is 1. The van der Waals surface area contributed by atoms with Crippen molar-refractivity contribution in [3.63, 3.8) is 0 Å². The van der Waals surface area contributed by atoms with E-state index in [2.05, 4.69) is 32.2 Å². The topological polar surface area (TPSA) is 139 Å². The number of likely N-dealkylation sites (N-methyl/N-ethyl adjacent to an activating group) is 1. The summed E-state index contributed by atoms with van der Waals surface area (Å²) >= 11 is 0. The molecule has 1 fully saturated rings. The Labute approximate surface area is 229 Å². The van der Waals surface area contributed by atoms with E-state index in [4.69, 9.17) is 10.5 Å². The van der Waals surface area contributed by atoms with Crippen LogP contribution in [0.2, 0.25) is 0 Å². The lowest BCUT2D eigenvalue weighted by molar-refractivity contribution is 0.205. The molecule has 210 valence electrons. The van der Waals surface area contributed by atoms with Crippen LogP contribution in [-0.2, 0) is 16.4 Å². The van der Waals surface area contributed by atoms with Crippen molar-refractivity contribution < 1.29 is 17.9 Å². The molecule has 13 heteroatoms. The summed E-state index contributed by atoms with van der Waals surface area (Å²) < 4.78 is 32.4. The van der Waals surface area contributed by atoms with Crippen molar-refractivity contribution >= 4 is 39.1 Å². The summed E-state index contributed by atoms with van der Waals surface area (Å²) in [6.07, 6.45) is 0.